The Labute approximate surface area is 132 Å². The van der Waals surface area contributed by atoms with Crippen LogP contribution in [0.4, 0.5) is 8.78 Å². The van der Waals surface area contributed by atoms with E-state index in [1.54, 1.807) is 31.2 Å². The zero-order chi connectivity index (χ0) is 16.8. The highest BCUT2D eigenvalue weighted by Crippen LogP contribution is 2.21. The van der Waals surface area contributed by atoms with Gasteiger partial charge < -0.3 is 14.6 Å². The number of carboxylic acids is 1. The van der Waals surface area contributed by atoms with Crippen molar-refractivity contribution in [2.75, 3.05) is 6.61 Å². The van der Waals surface area contributed by atoms with Crippen molar-refractivity contribution < 1.29 is 28.2 Å². The van der Waals surface area contributed by atoms with Crippen molar-refractivity contribution in [3.8, 4) is 5.75 Å². The molecule has 2 aromatic carbocycles. The van der Waals surface area contributed by atoms with Crippen LogP contribution < -0.4 is 4.74 Å². The molecule has 0 aliphatic carbocycles. The Bertz CT molecular complexity index is 671. The Kier molecular flexibility index (Phi) is 5.65. The zero-order valence-corrected chi connectivity index (χ0v) is 12.5. The SMILES string of the molecule is CC(OCC(=O)O)c1ccc(OCc2cc(F)ccc2F)cc1. The van der Waals surface area contributed by atoms with E-state index in [0.717, 1.165) is 23.8 Å². The third-order valence-electron chi connectivity index (χ3n) is 3.21. The van der Waals surface area contributed by atoms with Gasteiger partial charge in [0.15, 0.2) is 0 Å². The molecule has 0 bridgehead atoms. The second-order valence-electron chi connectivity index (χ2n) is 4.94. The average Bonchev–Trinajstić information content (AvgIpc) is 2.54. The van der Waals surface area contributed by atoms with Gasteiger partial charge in [-0.2, -0.15) is 0 Å². The molecule has 1 unspecified atom stereocenters. The molecule has 0 amide bonds. The van der Waals surface area contributed by atoms with Crippen LogP contribution in [0.3, 0.4) is 0 Å². The summed E-state index contributed by atoms with van der Waals surface area (Å²) in [6.45, 7) is 1.27. The lowest BCUT2D eigenvalue weighted by Crippen LogP contribution is -2.09. The molecule has 0 aromatic heterocycles. The third kappa shape index (κ3) is 5.03. The van der Waals surface area contributed by atoms with E-state index in [1.807, 2.05) is 0 Å². The molecule has 0 fully saturated rings. The summed E-state index contributed by atoms with van der Waals surface area (Å²) in [5.74, 6) is -1.60. The smallest absolute Gasteiger partial charge is 0.329 e. The molecule has 0 aliphatic rings. The van der Waals surface area contributed by atoms with Gasteiger partial charge in [-0.05, 0) is 42.8 Å². The normalized spacial score (nSPS) is 12.0. The monoisotopic (exact) mass is 322 g/mol. The Hall–Kier alpha value is -2.47. The van der Waals surface area contributed by atoms with Gasteiger partial charge in [-0.25, -0.2) is 13.6 Å². The molecule has 4 nitrogen and oxygen atoms in total. The molecule has 2 aromatic rings. The molecule has 0 aliphatic heterocycles. The number of aliphatic carboxylic acids is 1. The van der Waals surface area contributed by atoms with E-state index in [4.69, 9.17) is 14.6 Å². The lowest BCUT2D eigenvalue weighted by atomic mass is 10.1. The molecule has 6 heteroatoms. The lowest BCUT2D eigenvalue weighted by Gasteiger charge is -2.13. The molecule has 0 spiro atoms. The maximum Gasteiger partial charge on any atom is 0.329 e. The second-order valence-corrected chi connectivity index (χ2v) is 4.94. The van der Waals surface area contributed by atoms with E-state index in [2.05, 4.69) is 0 Å². The molecule has 0 saturated carbocycles. The zero-order valence-electron chi connectivity index (χ0n) is 12.5. The quantitative estimate of drug-likeness (QED) is 0.844. The van der Waals surface area contributed by atoms with Crippen LogP contribution in [0.2, 0.25) is 0 Å². The van der Waals surface area contributed by atoms with Crippen molar-refractivity contribution in [2.24, 2.45) is 0 Å². The number of ether oxygens (including phenoxy) is 2. The fourth-order valence-corrected chi connectivity index (χ4v) is 1.94. The van der Waals surface area contributed by atoms with Gasteiger partial charge in [0.25, 0.3) is 0 Å². The number of hydrogen-bond acceptors (Lipinski definition) is 3. The van der Waals surface area contributed by atoms with Crippen molar-refractivity contribution in [3.63, 3.8) is 0 Å². The molecular formula is C17H16F2O4. The van der Waals surface area contributed by atoms with Crippen molar-refractivity contribution >= 4 is 5.97 Å². The number of rotatable bonds is 7. The van der Waals surface area contributed by atoms with Gasteiger partial charge in [-0.15, -0.1) is 0 Å². The Morgan fingerprint density at radius 3 is 2.52 bits per heavy atom. The van der Waals surface area contributed by atoms with Crippen LogP contribution in [0.15, 0.2) is 42.5 Å². The van der Waals surface area contributed by atoms with E-state index in [-0.39, 0.29) is 24.9 Å². The minimum absolute atomic E-state index is 0.0893. The average molecular weight is 322 g/mol. The predicted molar refractivity (Wildman–Crippen MR) is 79.1 cm³/mol. The van der Waals surface area contributed by atoms with E-state index < -0.39 is 17.6 Å². The summed E-state index contributed by atoms with van der Waals surface area (Å²) < 4.78 is 37.1. The molecule has 0 heterocycles. The topological polar surface area (TPSA) is 55.8 Å². The van der Waals surface area contributed by atoms with Crippen LogP contribution in [0.5, 0.6) is 5.75 Å². The van der Waals surface area contributed by atoms with Gasteiger partial charge in [0.1, 0.15) is 30.6 Å². The largest absolute Gasteiger partial charge is 0.489 e. The Balaban J connectivity index is 1.94. The first-order chi connectivity index (χ1) is 11.0. The van der Waals surface area contributed by atoms with E-state index >= 15 is 0 Å². The highest BCUT2D eigenvalue weighted by Gasteiger charge is 2.09. The van der Waals surface area contributed by atoms with Crippen LogP contribution in [0.25, 0.3) is 0 Å². The van der Waals surface area contributed by atoms with Gasteiger partial charge >= 0.3 is 5.97 Å². The van der Waals surface area contributed by atoms with Gasteiger partial charge in [-0.1, -0.05) is 12.1 Å². The van der Waals surface area contributed by atoms with E-state index in [9.17, 15) is 13.6 Å². The maximum atomic E-state index is 13.5. The second kappa shape index (κ2) is 7.69. The molecule has 1 N–H and O–H groups in total. The van der Waals surface area contributed by atoms with Crippen LogP contribution in [0, 0.1) is 11.6 Å². The summed E-state index contributed by atoms with van der Waals surface area (Å²) in [5, 5.41) is 8.57. The van der Waals surface area contributed by atoms with E-state index in [0.29, 0.717) is 5.75 Å². The number of hydrogen-bond donors (Lipinski definition) is 1. The predicted octanol–water partition coefficient (Wildman–Crippen LogP) is 3.71. The van der Waals surface area contributed by atoms with Gasteiger partial charge in [0, 0.05) is 5.56 Å². The molecule has 2 rings (SSSR count). The van der Waals surface area contributed by atoms with Gasteiger partial charge in [0.05, 0.1) is 6.10 Å². The minimum Gasteiger partial charge on any atom is -0.489 e. The fraction of sp³-hybridized carbons (Fsp3) is 0.235. The molecule has 23 heavy (non-hydrogen) atoms. The van der Waals surface area contributed by atoms with Gasteiger partial charge in [0.2, 0.25) is 0 Å². The Morgan fingerprint density at radius 2 is 1.87 bits per heavy atom. The molecule has 0 saturated heterocycles. The summed E-state index contributed by atoms with van der Waals surface area (Å²) in [5.41, 5.74) is 0.919. The van der Waals surface area contributed by atoms with Crippen LogP contribution in [-0.2, 0) is 16.1 Å². The fourth-order valence-electron chi connectivity index (χ4n) is 1.94. The highest BCUT2D eigenvalue weighted by atomic mass is 19.1. The third-order valence-corrected chi connectivity index (χ3v) is 3.21. The first-order valence-electron chi connectivity index (χ1n) is 6.96. The molecule has 1 atom stereocenters. The molecule has 122 valence electrons. The number of carbonyl (C=O) groups is 1. The standard InChI is InChI=1S/C17H16F2O4/c1-11(22-10-17(20)21)12-2-5-15(6-3-12)23-9-13-8-14(18)4-7-16(13)19/h2-8,11H,9-10H2,1H3,(H,20,21). The summed E-state index contributed by atoms with van der Waals surface area (Å²) in [4.78, 5) is 10.5. The van der Waals surface area contributed by atoms with Crippen molar-refractivity contribution in [3.05, 3.63) is 65.2 Å². The van der Waals surface area contributed by atoms with Crippen LogP contribution in [-0.4, -0.2) is 17.7 Å². The lowest BCUT2D eigenvalue weighted by molar-refractivity contribution is -0.144. The first-order valence-corrected chi connectivity index (χ1v) is 6.96. The summed E-state index contributed by atoms with van der Waals surface area (Å²) >= 11 is 0. The first kappa shape index (κ1) is 16.9. The molecular weight excluding hydrogens is 306 g/mol. The summed E-state index contributed by atoms with van der Waals surface area (Å²) in [7, 11) is 0. The number of halogens is 2. The Morgan fingerprint density at radius 1 is 1.17 bits per heavy atom. The van der Waals surface area contributed by atoms with Crippen LogP contribution in [0.1, 0.15) is 24.2 Å². The van der Waals surface area contributed by atoms with Crippen LogP contribution >= 0.6 is 0 Å². The summed E-state index contributed by atoms with van der Waals surface area (Å²) in [6, 6.07) is 9.96. The van der Waals surface area contributed by atoms with E-state index in [1.165, 1.54) is 0 Å². The number of benzene rings is 2. The summed E-state index contributed by atoms with van der Waals surface area (Å²) in [6.07, 6.45) is -0.374. The van der Waals surface area contributed by atoms with Crippen molar-refractivity contribution in [2.45, 2.75) is 19.6 Å². The van der Waals surface area contributed by atoms with Crippen molar-refractivity contribution in [1.82, 2.24) is 0 Å². The van der Waals surface area contributed by atoms with Gasteiger partial charge in [-0.3, -0.25) is 0 Å². The van der Waals surface area contributed by atoms with Crippen molar-refractivity contribution in [1.29, 1.82) is 0 Å². The molecule has 0 radical (unpaired) electrons. The minimum atomic E-state index is -1.03. The highest BCUT2D eigenvalue weighted by molar-refractivity contribution is 5.68. The maximum absolute atomic E-state index is 13.5. The number of carboxylic acid groups (broad SMARTS) is 1.